The van der Waals surface area contributed by atoms with Crippen LogP contribution in [0.25, 0.3) is 0 Å². The molecule has 0 nitrogen and oxygen atoms in total. The summed E-state index contributed by atoms with van der Waals surface area (Å²) in [5.41, 5.74) is 1.07. The molecule has 0 aliphatic carbocycles. The highest BCUT2D eigenvalue weighted by Crippen LogP contribution is 2.29. The van der Waals surface area contributed by atoms with Crippen LogP contribution >= 0.6 is 8.58 Å². The zero-order valence-corrected chi connectivity index (χ0v) is 17.1. The molecule has 22 heavy (non-hydrogen) atoms. The van der Waals surface area contributed by atoms with Crippen LogP contribution in [0.4, 0.5) is 0 Å². The Morgan fingerprint density at radius 2 is 0.864 bits per heavy atom. The van der Waals surface area contributed by atoms with E-state index in [9.17, 15) is 0 Å². The average Bonchev–Trinajstić information content (AvgIpc) is 2.53. The van der Waals surface area contributed by atoms with Gasteiger partial charge in [0.1, 0.15) is 0 Å². The van der Waals surface area contributed by atoms with Crippen LogP contribution in [0.1, 0.15) is 124 Å². The standard InChI is InChI=1S/C21H45P/c1-4-7-9-11-13-14-16-18-20-21(22-6-3)19-17-15-12-10-8-5-2/h21-22H,4-20H2,1-3H3. The van der Waals surface area contributed by atoms with Gasteiger partial charge in [-0.25, -0.2) is 0 Å². The summed E-state index contributed by atoms with van der Waals surface area (Å²) in [6, 6.07) is 0. The monoisotopic (exact) mass is 328 g/mol. The molecule has 0 saturated carbocycles. The van der Waals surface area contributed by atoms with Crippen molar-refractivity contribution in [3.63, 3.8) is 0 Å². The van der Waals surface area contributed by atoms with E-state index < -0.39 is 0 Å². The Hall–Kier alpha value is 0.430. The first-order valence-electron chi connectivity index (χ1n) is 10.6. The lowest BCUT2D eigenvalue weighted by molar-refractivity contribution is 0.534. The Morgan fingerprint density at radius 1 is 0.500 bits per heavy atom. The predicted molar refractivity (Wildman–Crippen MR) is 108 cm³/mol. The Bertz CT molecular complexity index is 190. The normalized spacial score (nSPS) is 13.2. The van der Waals surface area contributed by atoms with Crippen molar-refractivity contribution >= 4 is 8.58 Å². The Balaban J connectivity index is 3.43. The van der Waals surface area contributed by atoms with Gasteiger partial charge in [0.05, 0.1) is 0 Å². The molecule has 0 radical (unpaired) electrons. The summed E-state index contributed by atoms with van der Waals surface area (Å²) in [5, 5.41) is 0. The average molecular weight is 329 g/mol. The van der Waals surface area contributed by atoms with Gasteiger partial charge in [0.25, 0.3) is 0 Å². The fourth-order valence-electron chi connectivity index (χ4n) is 3.33. The summed E-state index contributed by atoms with van der Waals surface area (Å²) in [7, 11) is 1.23. The Kier molecular flexibility index (Phi) is 19.9. The molecule has 0 aliphatic rings. The van der Waals surface area contributed by atoms with Crippen molar-refractivity contribution in [3.8, 4) is 0 Å². The molecule has 0 fully saturated rings. The van der Waals surface area contributed by atoms with Crippen LogP contribution in [-0.4, -0.2) is 11.8 Å². The molecule has 0 saturated heterocycles. The van der Waals surface area contributed by atoms with Crippen LogP contribution in [0.15, 0.2) is 0 Å². The minimum atomic E-state index is 1.07. The van der Waals surface area contributed by atoms with Gasteiger partial charge in [0, 0.05) is 0 Å². The van der Waals surface area contributed by atoms with Crippen LogP contribution in [0.2, 0.25) is 0 Å². The molecule has 0 aromatic heterocycles. The second kappa shape index (κ2) is 19.5. The van der Waals surface area contributed by atoms with E-state index in [1.54, 1.807) is 0 Å². The number of unbranched alkanes of at least 4 members (excludes halogenated alkanes) is 12. The van der Waals surface area contributed by atoms with Crippen molar-refractivity contribution < 1.29 is 0 Å². The van der Waals surface area contributed by atoms with Crippen LogP contribution in [-0.2, 0) is 0 Å². The first-order chi connectivity index (χ1) is 10.8. The maximum atomic E-state index is 2.38. The highest BCUT2D eigenvalue weighted by Gasteiger charge is 2.07. The topological polar surface area (TPSA) is 0 Å². The third-order valence-corrected chi connectivity index (χ3v) is 6.37. The lowest BCUT2D eigenvalue weighted by Gasteiger charge is -2.16. The van der Waals surface area contributed by atoms with Crippen molar-refractivity contribution in [2.45, 2.75) is 129 Å². The van der Waals surface area contributed by atoms with Crippen molar-refractivity contribution in [2.24, 2.45) is 0 Å². The highest BCUT2D eigenvalue weighted by atomic mass is 31.1. The van der Waals surface area contributed by atoms with Gasteiger partial charge in [0.2, 0.25) is 0 Å². The van der Waals surface area contributed by atoms with Gasteiger partial charge >= 0.3 is 0 Å². The first kappa shape index (κ1) is 22.4. The lowest BCUT2D eigenvalue weighted by atomic mass is 10.0. The minimum Gasteiger partial charge on any atom is -0.119 e. The molecule has 0 rings (SSSR count). The van der Waals surface area contributed by atoms with Gasteiger partial charge in [-0.15, -0.1) is 8.58 Å². The summed E-state index contributed by atoms with van der Waals surface area (Å²) in [6.07, 6.45) is 24.9. The molecule has 0 aromatic carbocycles. The van der Waals surface area contributed by atoms with E-state index in [2.05, 4.69) is 20.8 Å². The van der Waals surface area contributed by atoms with Crippen LogP contribution < -0.4 is 0 Å². The second-order valence-corrected chi connectivity index (χ2v) is 9.01. The molecular weight excluding hydrogens is 283 g/mol. The van der Waals surface area contributed by atoms with Crippen molar-refractivity contribution in [1.29, 1.82) is 0 Å². The van der Waals surface area contributed by atoms with E-state index in [1.807, 2.05) is 0 Å². The molecule has 0 bridgehead atoms. The van der Waals surface area contributed by atoms with Gasteiger partial charge in [-0.3, -0.25) is 0 Å². The molecule has 0 aliphatic heterocycles. The molecule has 0 amide bonds. The van der Waals surface area contributed by atoms with Crippen LogP contribution in [0.3, 0.4) is 0 Å². The molecule has 2 atom stereocenters. The van der Waals surface area contributed by atoms with E-state index in [4.69, 9.17) is 0 Å². The molecule has 134 valence electrons. The first-order valence-corrected chi connectivity index (χ1v) is 11.9. The quantitative estimate of drug-likeness (QED) is 0.175. The van der Waals surface area contributed by atoms with Crippen LogP contribution in [0.5, 0.6) is 0 Å². The Morgan fingerprint density at radius 3 is 1.23 bits per heavy atom. The summed E-state index contributed by atoms with van der Waals surface area (Å²) < 4.78 is 0. The smallest absolute Gasteiger partial charge is 0.0237 e. The van der Waals surface area contributed by atoms with Crippen molar-refractivity contribution in [1.82, 2.24) is 0 Å². The summed E-state index contributed by atoms with van der Waals surface area (Å²) in [5.74, 6) is 0. The minimum absolute atomic E-state index is 1.07. The fraction of sp³-hybridized carbons (Fsp3) is 1.00. The van der Waals surface area contributed by atoms with Gasteiger partial charge in [-0.05, 0) is 24.7 Å². The number of rotatable bonds is 18. The second-order valence-electron chi connectivity index (χ2n) is 7.07. The molecule has 0 spiro atoms. The maximum Gasteiger partial charge on any atom is -0.0237 e. The van der Waals surface area contributed by atoms with Crippen molar-refractivity contribution in [3.05, 3.63) is 0 Å². The maximum absolute atomic E-state index is 2.38. The van der Waals surface area contributed by atoms with E-state index in [-0.39, 0.29) is 0 Å². The fourth-order valence-corrected chi connectivity index (χ4v) is 4.73. The zero-order valence-electron chi connectivity index (χ0n) is 16.1. The third-order valence-electron chi connectivity index (χ3n) is 4.81. The third kappa shape index (κ3) is 16.8. The molecule has 0 N–H and O–H groups in total. The van der Waals surface area contributed by atoms with Crippen LogP contribution in [0, 0.1) is 0 Å². The number of hydrogen-bond acceptors (Lipinski definition) is 0. The van der Waals surface area contributed by atoms with Crippen molar-refractivity contribution in [2.75, 3.05) is 6.16 Å². The summed E-state index contributed by atoms with van der Waals surface area (Å²) in [6.45, 7) is 6.99. The molecular formula is C21H45P. The molecule has 1 heteroatoms. The SMILES string of the molecule is CCCCCCCCCCC(CCCCCCCC)PCC. The van der Waals surface area contributed by atoms with Gasteiger partial charge in [0.15, 0.2) is 0 Å². The Labute approximate surface area is 144 Å². The summed E-state index contributed by atoms with van der Waals surface area (Å²) >= 11 is 0. The molecule has 2 unspecified atom stereocenters. The van der Waals surface area contributed by atoms with E-state index in [0.717, 1.165) is 5.66 Å². The van der Waals surface area contributed by atoms with E-state index >= 15 is 0 Å². The molecule has 0 aromatic rings. The lowest BCUT2D eigenvalue weighted by Crippen LogP contribution is -2.02. The van der Waals surface area contributed by atoms with E-state index in [1.165, 1.54) is 117 Å². The van der Waals surface area contributed by atoms with Gasteiger partial charge in [-0.2, -0.15) is 0 Å². The molecule has 0 heterocycles. The highest BCUT2D eigenvalue weighted by molar-refractivity contribution is 7.38. The van der Waals surface area contributed by atoms with Gasteiger partial charge < -0.3 is 0 Å². The zero-order chi connectivity index (χ0) is 16.3. The number of hydrogen-bond donors (Lipinski definition) is 0. The predicted octanol–water partition coefficient (Wildman–Crippen LogP) is 8.33. The van der Waals surface area contributed by atoms with E-state index in [0.29, 0.717) is 0 Å². The summed E-state index contributed by atoms with van der Waals surface area (Å²) in [4.78, 5) is 0. The van der Waals surface area contributed by atoms with Gasteiger partial charge in [-0.1, -0.05) is 111 Å². The largest absolute Gasteiger partial charge is 0.119 e.